The molecule has 1 saturated heterocycles. The van der Waals surface area contributed by atoms with E-state index in [2.05, 4.69) is 4.98 Å². The van der Waals surface area contributed by atoms with Gasteiger partial charge in [0.2, 0.25) is 20.0 Å². The Bertz CT molecular complexity index is 1110. The Morgan fingerprint density at radius 3 is 2.07 bits per heavy atom. The lowest BCUT2D eigenvalue weighted by atomic mass is 10.2. The SMILES string of the molecule is CN1CCN(S(=O)(=O)c2ccccc2S(=O)(=O)N2CCCC2)Cc2cccnc21. The summed E-state index contributed by atoms with van der Waals surface area (Å²) in [5, 5.41) is 0. The lowest BCUT2D eigenvalue weighted by molar-refractivity contribution is 0.417. The van der Waals surface area contributed by atoms with E-state index in [-0.39, 0.29) is 22.9 Å². The molecule has 0 spiro atoms. The minimum atomic E-state index is -4.02. The molecule has 2 aliphatic heterocycles. The third-order valence-electron chi connectivity index (χ3n) is 5.41. The molecular weight excluding hydrogens is 412 g/mol. The molecule has 1 aromatic carbocycles. The Labute approximate surface area is 171 Å². The van der Waals surface area contributed by atoms with Crippen molar-refractivity contribution in [3.8, 4) is 0 Å². The quantitative estimate of drug-likeness (QED) is 0.722. The van der Waals surface area contributed by atoms with E-state index >= 15 is 0 Å². The van der Waals surface area contributed by atoms with Gasteiger partial charge in [-0.25, -0.2) is 21.8 Å². The number of pyridine rings is 1. The van der Waals surface area contributed by atoms with Gasteiger partial charge in [-0.3, -0.25) is 0 Å². The zero-order chi connectivity index (χ0) is 20.6. The van der Waals surface area contributed by atoms with E-state index in [4.69, 9.17) is 0 Å². The minimum absolute atomic E-state index is 0.147. The maximum atomic E-state index is 13.5. The summed E-state index contributed by atoms with van der Waals surface area (Å²) < 4.78 is 56.1. The first-order valence-corrected chi connectivity index (χ1v) is 12.4. The molecule has 1 aromatic heterocycles. The van der Waals surface area contributed by atoms with Gasteiger partial charge in [0.1, 0.15) is 15.6 Å². The normalized spacial score (nSPS) is 19.1. The molecule has 0 amide bonds. The van der Waals surface area contributed by atoms with Crippen LogP contribution in [-0.4, -0.2) is 63.7 Å². The number of aromatic nitrogens is 1. The molecule has 4 rings (SSSR count). The Balaban J connectivity index is 1.76. The van der Waals surface area contributed by atoms with Crippen molar-refractivity contribution >= 4 is 25.9 Å². The van der Waals surface area contributed by atoms with Gasteiger partial charge in [-0.1, -0.05) is 18.2 Å². The van der Waals surface area contributed by atoms with Crippen molar-refractivity contribution < 1.29 is 16.8 Å². The molecule has 3 heterocycles. The van der Waals surface area contributed by atoms with E-state index in [0.717, 1.165) is 24.2 Å². The largest absolute Gasteiger partial charge is 0.358 e. The second-order valence-corrected chi connectivity index (χ2v) is 11.1. The van der Waals surface area contributed by atoms with Crippen LogP contribution in [0.2, 0.25) is 0 Å². The third-order valence-corrected chi connectivity index (χ3v) is 9.40. The van der Waals surface area contributed by atoms with Crippen molar-refractivity contribution in [2.45, 2.75) is 29.2 Å². The summed E-state index contributed by atoms with van der Waals surface area (Å²) in [5.41, 5.74) is 0.788. The van der Waals surface area contributed by atoms with Crippen LogP contribution in [0.4, 0.5) is 5.82 Å². The van der Waals surface area contributed by atoms with Gasteiger partial charge in [-0.15, -0.1) is 0 Å². The van der Waals surface area contributed by atoms with Crippen LogP contribution >= 0.6 is 0 Å². The van der Waals surface area contributed by atoms with Gasteiger partial charge in [-0.05, 0) is 31.0 Å². The van der Waals surface area contributed by atoms with Gasteiger partial charge in [0, 0.05) is 51.5 Å². The number of likely N-dealkylation sites (N-methyl/N-ethyl adjacent to an activating group) is 1. The lowest BCUT2D eigenvalue weighted by Crippen LogP contribution is -2.36. The third kappa shape index (κ3) is 3.65. The number of hydrogen-bond acceptors (Lipinski definition) is 6. The monoisotopic (exact) mass is 436 g/mol. The highest BCUT2D eigenvalue weighted by atomic mass is 32.2. The van der Waals surface area contributed by atoms with Gasteiger partial charge in [0.15, 0.2) is 0 Å². The molecule has 0 atom stereocenters. The average Bonchev–Trinajstić information content (AvgIpc) is 3.21. The number of fused-ring (bicyclic) bond motifs is 1. The molecule has 0 aliphatic carbocycles. The molecule has 29 heavy (non-hydrogen) atoms. The summed E-state index contributed by atoms with van der Waals surface area (Å²) >= 11 is 0. The van der Waals surface area contributed by atoms with Crippen LogP contribution < -0.4 is 4.90 Å². The van der Waals surface area contributed by atoms with Crippen LogP contribution in [0.5, 0.6) is 0 Å². The standard InChI is InChI=1S/C19H24N4O4S2/c1-21-13-14-23(15-16-7-6-10-20-19(16)21)29(26,27)18-9-3-2-8-17(18)28(24,25)22-11-4-5-12-22/h2-3,6-10H,4-5,11-15H2,1H3. The zero-order valence-corrected chi connectivity index (χ0v) is 17.9. The Morgan fingerprint density at radius 1 is 0.793 bits per heavy atom. The van der Waals surface area contributed by atoms with Crippen LogP contribution in [0.1, 0.15) is 18.4 Å². The highest BCUT2D eigenvalue weighted by Gasteiger charge is 2.36. The number of benzene rings is 1. The molecule has 2 aliphatic rings. The smallest absolute Gasteiger partial charge is 0.244 e. The highest BCUT2D eigenvalue weighted by molar-refractivity contribution is 7.92. The summed E-state index contributed by atoms with van der Waals surface area (Å²) in [6, 6.07) is 9.53. The van der Waals surface area contributed by atoms with E-state index < -0.39 is 20.0 Å². The van der Waals surface area contributed by atoms with Crippen LogP contribution in [0.3, 0.4) is 0 Å². The highest BCUT2D eigenvalue weighted by Crippen LogP contribution is 2.31. The topological polar surface area (TPSA) is 90.9 Å². The summed E-state index contributed by atoms with van der Waals surface area (Å²) in [4.78, 5) is 5.96. The van der Waals surface area contributed by atoms with Gasteiger partial charge in [0.05, 0.1) is 0 Å². The van der Waals surface area contributed by atoms with Gasteiger partial charge in [0.25, 0.3) is 0 Å². The molecule has 0 bridgehead atoms. The molecule has 8 nitrogen and oxygen atoms in total. The van der Waals surface area contributed by atoms with E-state index in [1.54, 1.807) is 24.4 Å². The summed E-state index contributed by atoms with van der Waals surface area (Å²) in [6.07, 6.45) is 3.25. The van der Waals surface area contributed by atoms with Crippen molar-refractivity contribution in [3.05, 3.63) is 48.2 Å². The fourth-order valence-electron chi connectivity index (χ4n) is 3.82. The van der Waals surface area contributed by atoms with Crippen molar-refractivity contribution in [1.82, 2.24) is 13.6 Å². The predicted octanol–water partition coefficient (Wildman–Crippen LogP) is 1.51. The number of nitrogens with zero attached hydrogens (tertiary/aromatic N) is 4. The summed E-state index contributed by atoms with van der Waals surface area (Å²) in [5.74, 6) is 0.739. The summed E-state index contributed by atoms with van der Waals surface area (Å²) in [6.45, 7) is 1.69. The lowest BCUT2D eigenvalue weighted by Gasteiger charge is -2.23. The molecule has 0 N–H and O–H groups in total. The number of rotatable bonds is 4. The zero-order valence-electron chi connectivity index (χ0n) is 16.2. The van der Waals surface area contributed by atoms with Crippen LogP contribution in [0, 0.1) is 0 Å². The molecule has 2 aromatic rings. The van der Waals surface area contributed by atoms with Crippen molar-refractivity contribution in [2.24, 2.45) is 0 Å². The summed E-state index contributed by atoms with van der Waals surface area (Å²) in [7, 11) is -6.02. The first-order chi connectivity index (χ1) is 13.8. The van der Waals surface area contributed by atoms with Crippen molar-refractivity contribution in [1.29, 1.82) is 0 Å². The molecule has 0 radical (unpaired) electrons. The molecule has 156 valence electrons. The Morgan fingerprint density at radius 2 is 1.41 bits per heavy atom. The van der Waals surface area contributed by atoms with Crippen molar-refractivity contribution in [2.75, 3.05) is 38.1 Å². The van der Waals surface area contributed by atoms with Gasteiger partial charge in [-0.2, -0.15) is 8.61 Å². The van der Waals surface area contributed by atoms with Gasteiger partial charge >= 0.3 is 0 Å². The molecule has 0 unspecified atom stereocenters. The maximum absolute atomic E-state index is 13.5. The minimum Gasteiger partial charge on any atom is -0.358 e. The van der Waals surface area contributed by atoms with Crippen LogP contribution in [-0.2, 0) is 26.6 Å². The number of anilines is 1. The van der Waals surface area contributed by atoms with Crippen LogP contribution in [0.25, 0.3) is 0 Å². The predicted molar refractivity (Wildman–Crippen MR) is 110 cm³/mol. The van der Waals surface area contributed by atoms with E-state index in [1.807, 2.05) is 18.0 Å². The molecular formula is C19H24N4O4S2. The number of hydrogen-bond donors (Lipinski definition) is 0. The fraction of sp³-hybridized carbons (Fsp3) is 0.421. The second kappa shape index (κ2) is 7.67. The maximum Gasteiger partial charge on any atom is 0.244 e. The first-order valence-electron chi connectivity index (χ1n) is 9.56. The second-order valence-electron chi connectivity index (χ2n) is 7.30. The Hall–Kier alpha value is -2.01. The number of sulfonamides is 2. The average molecular weight is 437 g/mol. The van der Waals surface area contributed by atoms with Crippen molar-refractivity contribution in [3.63, 3.8) is 0 Å². The molecule has 1 fully saturated rings. The Kier molecular flexibility index (Phi) is 5.36. The van der Waals surface area contributed by atoms with Gasteiger partial charge < -0.3 is 4.90 Å². The van der Waals surface area contributed by atoms with E-state index in [1.165, 1.54) is 20.7 Å². The van der Waals surface area contributed by atoms with E-state index in [0.29, 0.717) is 19.6 Å². The van der Waals surface area contributed by atoms with E-state index in [9.17, 15) is 16.8 Å². The molecule has 10 heteroatoms. The first kappa shape index (κ1) is 20.3. The van der Waals surface area contributed by atoms with Crippen LogP contribution in [0.15, 0.2) is 52.4 Å². The molecule has 0 saturated carbocycles. The fourth-order valence-corrected chi connectivity index (χ4v) is 7.53.